The molecule has 112 valence electrons. The summed E-state index contributed by atoms with van der Waals surface area (Å²) in [5.74, 6) is -0.448. The molecule has 1 aromatic rings. The van der Waals surface area contributed by atoms with Crippen molar-refractivity contribution in [1.29, 1.82) is 0 Å². The van der Waals surface area contributed by atoms with Gasteiger partial charge in [-0.05, 0) is 37.2 Å². The predicted molar refractivity (Wildman–Crippen MR) is 73.5 cm³/mol. The van der Waals surface area contributed by atoms with Crippen molar-refractivity contribution in [1.82, 2.24) is 9.62 Å². The summed E-state index contributed by atoms with van der Waals surface area (Å²) < 4.78 is 44.4. The van der Waals surface area contributed by atoms with Gasteiger partial charge in [0.1, 0.15) is 5.82 Å². The Morgan fingerprint density at radius 3 is 2.50 bits per heavy atom. The van der Waals surface area contributed by atoms with Crippen LogP contribution in [0.3, 0.4) is 0 Å². The highest BCUT2D eigenvalue weighted by atomic mass is 32.2. The van der Waals surface area contributed by atoms with Crippen LogP contribution in [0, 0.1) is 5.82 Å². The van der Waals surface area contributed by atoms with E-state index in [1.54, 1.807) is 0 Å². The number of ether oxygens (including phenoxy) is 1. The Kier molecular flexibility index (Phi) is 5.47. The van der Waals surface area contributed by atoms with Crippen molar-refractivity contribution in [3.63, 3.8) is 0 Å². The smallest absolute Gasteiger partial charge is 0.240 e. The predicted octanol–water partition coefficient (Wildman–Crippen LogP) is 0.826. The number of hydrogen-bond donors (Lipinski definition) is 1. The SMILES string of the molecule is O=S(=O)(NCCCN1CCOCC1)c1ccc(F)cc1. The Labute approximate surface area is 118 Å². The molecule has 0 spiro atoms. The Morgan fingerprint density at radius 1 is 1.20 bits per heavy atom. The third-order valence-corrected chi connectivity index (χ3v) is 4.65. The summed E-state index contributed by atoms with van der Waals surface area (Å²) in [6, 6.07) is 4.81. The van der Waals surface area contributed by atoms with Crippen LogP contribution in [-0.4, -0.2) is 52.7 Å². The number of hydrogen-bond acceptors (Lipinski definition) is 4. The maximum absolute atomic E-state index is 12.8. The van der Waals surface area contributed by atoms with Crippen LogP contribution in [0.25, 0.3) is 0 Å². The van der Waals surface area contributed by atoms with E-state index in [4.69, 9.17) is 4.74 Å². The molecular weight excluding hydrogens is 283 g/mol. The van der Waals surface area contributed by atoms with E-state index < -0.39 is 15.8 Å². The van der Waals surface area contributed by atoms with Crippen LogP contribution in [-0.2, 0) is 14.8 Å². The number of nitrogens with zero attached hydrogens (tertiary/aromatic N) is 1. The first-order valence-corrected chi connectivity index (χ1v) is 8.11. The molecule has 1 aliphatic rings. The van der Waals surface area contributed by atoms with E-state index in [0.717, 1.165) is 51.4 Å². The monoisotopic (exact) mass is 302 g/mol. The largest absolute Gasteiger partial charge is 0.379 e. The molecule has 0 unspecified atom stereocenters. The lowest BCUT2D eigenvalue weighted by molar-refractivity contribution is 0.0376. The summed E-state index contributed by atoms with van der Waals surface area (Å²) in [5.41, 5.74) is 0. The summed E-state index contributed by atoms with van der Waals surface area (Å²) in [4.78, 5) is 2.33. The second kappa shape index (κ2) is 7.12. The van der Waals surface area contributed by atoms with E-state index in [2.05, 4.69) is 9.62 Å². The summed E-state index contributed by atoms with van der Waals surface area (Å²) >= 11 is 0. The van der Waals surface area contributed by atoms with Crippen molar-refractivity contribution >= 4 is 10.0 Å². The first kappa shape index (κ1) is 15.4. The Hall–Kier alpha value is -1.02. The molecule has 0 bridgehead atoms. The fourth-order valence-electron chi connectivity index (χ4n) is 2.03. The zero-order chi connectivity index (χ0) is 14.4. The van der Waals surface area contributed by atoms with Crippen LogP contribution in [0.15, 0.2) is 29.2 Å². The van der Waals surface area contributed by atoms with Gasteiger partial charge in [-0.1, -0.05) is 0 Å². The molecule has 1 heterocycles. The first-order chi connectivity index (χ1) is 9.58. The topological polar surface area (TPSA) is 58.6 Å². The lowest BCUT2D eigenvalue weighted by Crippen LogP contribution is -2.38. The maximum Gasteiger partial charge on any atom is 0.240 e. The van der Waals surface area contributed by atoms with Crippen LogP contribution >= 0.6 is 0 Å². The van der Waals surface area contributed by atoms with Crippen molar-refractivity contribution in [3.8, 4) is 0 Å². The third kappa shape index (κ3) is 4.52. The maximum atomic E-state index is 12.8. The molecule has 1 fully saturated rings. The van der Waals surface area contributed by atoms with Crippen molar-refractivity contribution in [2.75, 3.05) is 39.4 Å². The summed E-state index contributed by atoms with van der Waals surface area (Å²) in [6.07, 6.45) is 0.737. The molecule has 2 rings (SSSR count). The minimum Gasteiger partial charge on any atom is -0.379 e. The van der Waals surface area contributed by atoms with Crippen molar-refractivity contribution in [2.24, 2.45) is 0 Å². The van der Waals surface area contributed by atoms with Crippen LogP contribution in [0.4, 0.5) is 4.39 Å². The molecule has 1 aromatic carbocycles. The normalized spacial score (nSPS) is 17.2. The fourth-order valence-corrected chi connectivity index (χ4v) is 3.11. The van der Waals surface area contributed by atoms with Crippen molar-refractivity contribution in [3.05, 3.63) is 30.1 Å². The van der Waals surface area contributed by atoms with E-state index >= 15 is 0 Å². The second-order valence-corrected chi connectivity index (χ2v) is 6.43. The molecular formula is C13H19FN2O3S. The van der Waals surface area contributed by atoms with Gasteiger partial charge in [-0.25, -0.2) is 17.5 Å². The number of morpholine rings is 1. The molecule has 20 heavy (non-hydrogen) atoms. The lowest BCUT2D eigenvalue weighted by atomic mass is 10.3. The average molecular weight is 302 g/mol. The number of nitrogens with one attached hydrogen (secondary N) is 1. The van der Waals surface area contributed by atoms with Gasteiger partial charge in [0.05, 0.1) is 18.1 Å². The third-order valence-electron chi connectivity index (χ3n) is 3.17. The number of halogens is 1. The number of rotatable bonds is 6. The van der Waals surface area contributed by atoms with Gasteiger partial charge in [-0.2, -0.15) is 0 Å². The van der Waals surface area contributed by atoms with Crippen LogP contribution in [0.1, 0.15) is 6.42 Å². The quantitative estimate of drug-likeness (QED) is 0.791. The Bertz CT molecular complexity index is 513. The molecule has 0 aliphatic carbocycles. The first-order valence-electron chi connectivity index (χ1n) is 6.63. The van der Waals surface area contributed by atoms with Crippen LogP contribution in [0.5, 0.6) is 0 Å². The van der Waals surface area contributed by atoms with Crippen molar-refractivity contribution < 1.29 is 17.5 Å². The molecule has 5 nitrogen and oxygen atoms in total. The fraction of sp³-hybridized carbons (Fsp3) is 0.538. The van der Waals surface area contributed by atoms with E-state index in [9.17, 15) is 12.8 Å². The van der Waals surface area contributed by atoms with E-state index in [1.165, 1.54) is 12.1 Å². The van der Waals surface area contributed by atoms with Crippen LogP contribution < -0.4 is 4.72 Å². The summed E-state index contributed by atoms with van der Waals surface area (Å²) in [7, 11) is -3.54. The van der Waals surface area contributed by atoms with Gasteiger partial charge in [0, 0.05) is 19.6 Å². The molecule has 0 saturated carbocycles. The molecule has 0 radical (unpaired) electrons. The van der Waals surface area contributed by atoms with E-state index in [0.29, 0.717) is 6.54 Å². The average Bonchev–Trinajstić information content (AvgIpc) is 2.45. The highest BCUT2D eigenvalue weighted by molar-refractivity contribution is 7.89. The summed E-state index contributed by atoms with van der Waals surface area (Å²) in [5, 5.41) is 0. The molecule has 0 atom stereocenters. The standard InChI is InChI=1S/C13H19FN2O3S/c14-12-2-4-13(5-3-12)20(17,18)15-6-1-7-16-8-10-19-11-9-16/h2-5,15H,1,6-11H2. The zero-order valence-electron chi connectivity index (χ0n) is 11.2. The van der Waals surface area contributed by atoms with Gasteiger partial charge in [-0.15, -0.1) is 0 Å². The van der Waals surface area contributed by atoms with Crippen molar-refractivity contribution in [2.45, 2.75) is 11.3 Å². The van der Waals surface area contributed by atoms with Gasteiger partial charge in [-0.3, -0.25) is 4.90 Å². The molecule has 1 N–H and O–H groups in total. The molecule has 1 aliphatic heterocycles. The molecule has 0 amide bonds. The number of sulfonamides is 1. The molecule has 7 heteroatoms. The van der Waals surface area contributed by atoms with Gasteiger partial charge in [0.2, 0.25) is 10.0 Å². The van der Waals surface area contributed by atoms with Gasteiger partial charge >= 0.3 is 0 Å². The van der Waals surface area contributed by atoms with Gasteiger partial charge in [0.15, 0.2) is 0 Å². The van der Waals surface area contributed by atoms with E-state index in [1.807, 2.05) is 0 Å². The zero-order valence-corrected chi connectivity index (χ0v) is 12.0. The van der Waals surface area contributed by atoms with Gasteiger partial charge in [0.25, 0.3) is 0 Å². The molecule has 1 saturated heterocycles. The highest BCUT2D eigenvalue weighted by Gasteiger charge is 2.14. The Morgan fingerprint density at radius 2 is 1.85 bits per heavy atom. The minimum absolute atomic E-state index is 0.0882. The van der Waals surface area contributed by atoms with E-state index in [-0.39, 0.29) is 4.90 Å². The summed E-state index contributed by atoms with van der Waals surface area (Å²) in [6.45, 7) is 4.48. The number of benzene rings is 1. The molecule has 0 aromatic heterocycles. The lowest BCUT2D eigenvalue weighted by Gasteiger charge is -2.26. The Balaban J connectivity index is 1.76. The van der Waals surface area contributed by atoms with Crippen LogP contribution in [0.2, 0.25) is 0 Å². The van der Waals surface area contributed by atoms with Gasteiger partial charge < -0.3 is 4.74 Å². The second-order valence-electron chi connectivity index (χ2n) is 4.66. The minimum atomic E-state index is -3.54. The highest BCUT2D eigenvalue weighted by Crippen LogP contribution is 2.09.